The third-order valence-electron chi connectivity index (χ3n) is 5.89. The topological polar surface area (TPSA) is 72.6 Å². The monoisotopic (exact) mass is 518 g/mol. The van der Waals surface area contributed by atoms with Crippen molar-refractivity contribution in [2.75, 3.05) is 11.5 Å². The maximum Gasteiger partial charge on any atom is 0.296 e. The smallest absolute Gasteiger partial charge is 0.296 e. The maximum absolute atomic E-state index is 13.7. The number of hydrogen-bond acceptors (Lipinski definition) is 5. The van der Waals surface area contributed by atoms with E-state index < -0.39 is 11.9 Å². The molecule has 0 aliphatic carbocycles. The first-order valence-electron chi connectivity index (χ1n) is 11.2. The van der Waals surface area contributed by atoms with Crippen LogP contribution in [0.1, 0.15) is 53.2 Å². The minimum Gasteiger partial charge on any atom is -0.494 e. The van der Waals surface area contributed by atoms with Crippen LogP contribution in [0.25, 0.3) is 11.0 Å². The molecule has 0 N–H and O–H groups in total. The summed E-state index contributed by atoms with van der Waals surface area (Å²) in [6.45, 7) is 4.57. The van der Waals surface area contributed by atoms with Crippen LogP contribution in [-0.2, 0) is 0 Å². The Labute approximate surface area is 205 Å². The van der Waals surface area contributed by atoms with Gasteiger partial charge in [0.15, 0.2) is 5.43 Å². The van der Waals surface area contributed by atoms with E-state index in [0.717, 1.165) is 28.6 Å². The van der Waals surface area contributed by atoms with Crippen LogP contribution in [0.4, 0.5) is 5.82 Å². The van der Waals surface area contributed by atoms with Gasteiger partial charge in [-0.15, -0.1) is 0 Å². The molecular weight excluding hydrogens is 496 g/mol. The number of carbonyl (C=O) groups is 1. The Morgan fingerprint density at radius 1 is 1.09 bits per heavy atom. The lowest BCUT2D eigenvalue weighted by Crippen LogP contribution is -2.30. The van der Waals surface area contributed by atoms with Crippen LogP contribution in [0.2, 0.25) is 0 Å². The minimum atomic E-state index is -0.689. The number of amides is 1. The van der Waals surface area contributed by atoms with E-state index in [1.165, 1.54) is 0 Å². The lowest BCUT2D eigenvalue weighted by Gasteiger charge is -2.24. The van der Waals surface area contributed by atoms with Gasteiger partial charge in [0.25, 0.3) is 5.91 Å². The third kappa shape index (κ3) is 3.90. The highest BCUT2D eigenvalue weighted by Crippen LogP contribution is 2.41. The summed E-state index contributed by atoms with van der Waals surface area (Å²) in [6.07, 6.45) is 1.97. The van der Waals surface area contributed by atoms with Crippen LogP contribution < -0.4 is 15.1 Å². The van der Waals surface area contributed by atoms with Gasteiger partial charge in [-0.2, -0.15) is 0 Å². The Balaban J connectivity index is 1.72. The number of nitrogens with zero attached hydrogens (tertiary/aromatic N) is 2. The number of pyridine rings is 1. The molecule has 0 saturated heterocycles. The average molecular weight is 519 g/mol. The van der Waals surface area contributed by atoms with Gasteiger partial charge < -0.3 is 9.15 Å². The Bertz CT molecular complexity index is 1460. The fourth-order valence-corrected chi connectivity index (χ4v) is 4.63. The molecule has 172 valence electrons. The summed E-state index contributed by atoms with van der Waals surface area (Å²) >= 11 is 3.43. The Hall–Kier alpha value is -3.45. The van der Waals surface area contributed by atoms with E-state index in [2.05, 4.69) is 27.8 Å². The molecule has 0 radical (unpaired) electrons. The third-order valence-corrected chi connectivity index (χ3v) is 6.39. The molecule has 5 rings (SSSR count). The van der Waals surface area contributed by atoms with E-state index in [-0.39, 0.29) is 11.2 Å². The number of anilines is 1. The van der Waals surface area contributed by atoms with Crippen molar-refractivity contribution in [3.63, 3.8) is 0 Å². The van der Waals surface area contributed by atoms with Crippen LogP contribution in [-0.4, -0.2) is 17.5 Å². The van der Waals surface area contributed by atoms with Crippen LogP contribution in [0.5, 0.6) is 5.75 Å². The number of halogens is 1. The molecule has 1 unspecified atom stereocenters. The highest BCUT2D eigenvalue weighted by Gasteiger charge is 2.44. The summed E-state index contributed by atoms with van der Waals surface area (Å²) in [5.41, 5.74) is 1.97. The maximum atomic E-state index is 13.7. The quantitative estimate of drug-likeness (QED) is 0.284. The molecular formula is C27H23BrN2O4. The zero-order valence-corrected chi connectivity index (χ0v) is 20.5. The SMILES string of the molecule is CCCCOc1cccc(C2c3c(oc4ccc(Br)cc4c3=O)C(=O)N2c2cccc(C)n2)c1. The van der Waals surface area contributed by atoms with Gasteiger partial charge in [-0.05, 0) is 61.4 Å². The van der Waals surface area contributed by atoms with Crippen molar-refractivity contribution < 1.29 is 13.9 Å². The van der Waals surface area contributed by atoms with Crippen LogP contribution in [0.15, 0.2) is 74.3 Å². The number of aryl methyl sites for hydroxylation is 1. The molecule has 1 atom stereocenters. The van der Waals surface area contributed by atoms with E-state index in [0.29, 0.717) is 34.7 Å². The number of fused-ring (bicyclic) bond motifs is 2. The van der Waals surface area contributed by atoms with Crippen LogP contribution >= 0.6 is 15.9 Å². The standard InChI is InChI=1S/C27H23BrN2O4/c1-3-4-13-33-19-9-6-8-17(14-19)24-23-25(31)20-15-18(28)11-12-21(20)34-26(23)27(32)30(24)22-10-5-7-16(2)29-22/h5-12,14-15,24H,3-4,13H2,1-2H3. The lowest BCUT2D eigenvalue weighted by atomic mass is 9.98. The van der Waals surface area contributed by atoms with Crippen molar-refractivity contribution in [2.45, 2.75) is 32.7 Å². The first-order valence-corrected chi connectivity index (χ1v) is 12.0. The largest absolute Gasteiger partial charge is 0.494 e. The second-order valence-electron chi connectivity index (χ2n) is 8.30. The number of hydrogen-bond donors (Lipinski definition) is 0. The van der Waals surface area contributed by atoms with Gasteiger partial charge in [0.05, 0.1) is 23.6 Å². The van der Waals surface area contributed by atoms with Crippen LogP contribution in [0, 0.1) is 6.92 Å². The van der Waals surface area contributed by atoms with Gasteiger partial charge in [0.2, 0.25) is 5.76 Å². The summed E-state index contributed by atoms with van der Waals surface area (Å²) in [5, 5.41) is 0.417. The molecule has 0 spiro atoms. The predicted octanol–water partition coefficient (Wildman–Crippen LogP) is 6.19. The number of unbranched alkanes of at least 4 members (excludes halogenated alkanes) is 1. The number of carbonyl (C=O) groups excluding carboxylic acids is 1. The molecule has 3 heterocycles. The lowest BCUT2D eigenvalue weighted by molar-refractivity contribution is 0.0970. The van der Waals surface area contributed by atoms with Gasteiger partial charge in [0.1, 0.15) is 17.2 Å². The molecule has 2 aromatic heterocycles. The first kappa shape index (κ1) is 22.3. The molecule has 34 heavy (non-hydrogen) atoms. The molecule has 4 aromatic rings. The molecule has 7 heteroatoms. The summed E-state index contributed by atoms with van der Waals surface area (Å²) in [4.78, 5) is 33.5. The fraction of sp³-hybridized carbons (Fsp3) is 0.222. The molecule has 6 nitrogen and oxygen atoms in total. The summed E-state index contributed by atoms with van der Waals surface area (Å²) in [6, 6.07) is 17.5. The van der Waals surface area contributed by atoms with E-state index >= 15 is 0 Å². The van der Waals surface area contributed by atoms with Crippen LogP contribution in [0.3, 0.4) is 0 Å². The molecule has 1 aliphatic rings. The summed E-state index contributed by atoms with van der Waals surface area (Å²) in [5.74, 6) is 0.808. The van der Waals surface area contributed by atoms with Crippen molar-refractivity contribution >= 4 is 38.6 Å². The zero-order chi connectivity index (χ0) is 23.8. The summed E-state index contributed by atoms with van der Waals surface area (Å²) < 4.78 is 12.7. The van der Waals surface area contributed by atoms with E-state index in [1.54, 1.807) is 29.2 Å². The van der Waals surface area contributed by atoms with Gasteiger partial charge in [-0.25, -0.2) is 4.98 Å². The van der Waals surface area contributed by atoms with Gasteiger partial charge in [-0.1, -0.05) is 47.5 Å². The fourth-order valence-electron chi connectivity index (χ4n) is 4.27. The van der Waals surface area contributed by atoms with Crippen molar-refractivity contribution in [3.05, 3.63) is 97.9 Å². The zero-order valence-electron chi connectivity index (χ0n) is 18.9. The molecule has 0 saturated carbocycles. The highest BCUT2D eigenvalue weighted by molar-refractivity contribution is 9.10. The normalized spacial score (nSPS) is 15.1. The number of rotatable bonds is 6. The summed E-state index contributed by atoms with van der Waals surface area (Å²) in [7, 11) is 0. The van der Waals surface area contributed by atoms with E-state index in [4.69, 9.17) is 9.15 Å². The second kappa shape index (κ2) is 9.06. The van der Waals surface area contributed by atoms with Crippen molar-refractivity contribution in [1.82, 2.24) is 4.98 Å². The Morgan fingerprint density at radius 2 is 1.91 bits per heavy atom. The second-order valence-corrected chi connectivity index (χ2v) is 9.22. The Morgan fingerprint density at radius 3 is 2.71 bits per heavy atom. The van der Waals surface area contributed by atoms with Crippen molar-refractivity contribution in [2.24, 2.45) is 0 Å². The molecule has 2 aromatic carbocycles. The molecule has 0 bridgehead atoms. The van der Waals surface area contributed by atoms with Crippen molar-refractivity contribution in [1.29, 1.82) is 0 Å². The highest BCUT2D eigenvalue weighted by atomic mass is 79.9. The van der Waals surface area contributed by atoms with Gasteiger partial charge >= 0.3 is 0 Å². The van der Waals surface area contributed by atoms with E-state index in [1.807, 2.05) is 43.3 Å². The average Bonchev–Trinajstić information content (AvgIpc) is 3.12. The number of aromatic nitrogens is 1. The minimum absolute atomic E-state index is 0.0467. The van der Waals surface area contributed by atoms with Gasteiger partial charge in [-0.3, -0.25) is 14.5 Å². The van der Waals surface area contributed by atoms with Crippen molar-refractivity contribution in [3.8, 4) is 5.75 Å². The number of benzene rings is 2. The molecule has 0 fully saturated rings. The predicted molar refractivity (Wildman–Crippen MR) is 135 cm³/mol. The molecule has 1 aliphatic heterocycles. The van der Waals surface area contributed by atoms with Gasteiger partial charge in [0, 0.05) is 10.2 Å². The Kier molecular flexibility index (Phi) is 5.96. The number of ether oxygens (including phenoxy) is 1. The molecule has 1 amide bonds. The van der Waals surface area contributed by atoms with E-state index in [9.17, 15) is 9.59 Å². The first-order chi connectivity index (χ1) is 16.5.